The molecular formula is C23H16Cl2N2O4. The Morgan fingerprint density at radius 3 is 2.39 bits per heavy atom. The summed E-state index contributed by atoms with van der Waals surface area (Å²) in [5.74, 6) is -1.39. The quantitative estimate of drug-likeness (QED) is 0.226. The molecule has 5 rings (SSSR count). The van der Waals surface area contributed by atoms with Crippen molar-refractivity contribution in [2.24, 2.45) is 28.8 Å². The van der Waals surface area contributed by atoms with Crippen LogP contribution < -0.4 is 4.74 Å². The first-order valence-corrected chi connectivity index (χ1v) is 10.6. The van der Waals surface area contributed by atoms with Gasteiger partial charge in [-0.3, -0.25) is 9.59 Å². The standard InChI is InChI=1S/C23H16Cl2N2O4/c24-15-7-8-16(17(25)10-15)23(30)31-18-4-2-1-3-14(18)11-26-27-21(28)19-12-5-6-13(9-12)20(19)22(27)29/h1-8,10-13,19-20H,9H2. The lowest BCUT2D eigenvalue weighted by atomic mass is 9.85. The van der Waals surface area contributed by atoms with Gasteiger partial charge in [0, 0.05) is 10.6 Å². The molecule has 2 aromatic carbocycles. The molecule has 2 amide bonds. The highest BCUT2D eigenvalue weighted by Gasteiger charge is 2.59. The number of carbonyl (C=O) groups excluding carboxylic acids is 3. The average molecular weight is 455 g/mol. The molecule has 2 aliphatic carbocycles. The van der Waals surface area contributed by atoms with Gasteiger partial charge in [0.1, 0.15) is 5.75 Å². The molecular weight excluding hydrogens is 439 g/mol. The molecule has 0 radical (unpaired) electrons. The van der Waals surface area contributed by atoms with E-state index in [9.17, 15) is 14.4 Å². The zero-order valence-electron chi connectivity index (χ0n) is 16.1. The number of para-hydroxylation sites is 1. The first kappa shape index (κ1) is 20.0. The van der Waals surface area contributed by atoms with Crippen molar-refractivity contribution in [1.82, 2.24) is 5.01 Å². The lowest BCUT2D eigenvalue weighted by Gasteiger charge is -2.13. The van der Waals surface area contributed by atoms with Gasteiger partial charge in [-0.25, -0.2) is 4.79 Å². The van der Waals surface area contributed by atoms with Gasteiger partial charge >= 0.3 is 5.97 Å². The van der Waals surface area contributed by atoms with Gasteiger partial charge in [0.25, 0.3) is 11.8 Å². The zero-order valence-corrected chi connectivity index (χ0v) is 17.6. The van der Waals surface area contributed by atoms with Gasteiger partial charge in [-0.05, 0) is 48.6 Å². The molecule has 0 aromatic heterocycles. The number of fused-ring (bicyclic) bond motifs is 5. The van der Waals surface area contributed by atoms with Crippen LogP contribution >= 0.6 is 23.2 Å². The van der Waals surface area contributed by atoms with E-state index in [1.54, 1.807) is 30.3 Å². The van der Waals surface area contributed by atoms with Crippen LogP contribution in [-0.2, 0) is 9.59 Å². The molecule has 6 nitrogen and oxygen atoms in total. The van der Waals surface area contributed by atoms with E-state index >= 15 is 0 Å². The van der Waals surface area contributed by atoms with Crippen molar-refractivity contribution in [3.05, 3.63) is 75.8 Å². The first-order chi connectivity index (χ1) is 14.9. The van der Waals surface area contributed by atoms with Crippen molar-refractivity contribution in [2.75, 3.05) is 0 Å². The van der Waals surface area contributed by atoms with E-state index in [1.807, 2.05) is 12.2 Å². The molecule has 2 fully saturated rings. The van der Waals surface area contributed by atoms with Crippen molar-refractivity contribution < 1.29 is 19.1 Å². The van der Waals surface area contributed by atoms with Crippen LogP contribution in [0.5, 0.6) is 5.75 Å². The molecule has 8 heteroatoms. The molecule has 3 aliphatic rings. The third-order valence-electron chi connectivity index (χ3n) is 6.03. The summed E-state index contributed by atoms with van der Waals surface area (Å²) >= 11 is 12.0. The molecule has 2 bridgehead atoms. The second-order valence-corrected chi connectivity index (χ2v) is 8.63. The Morgan fingerprint density at radius 2 is 1.71 bits per heavy atom. The number of nitrogens with zero attached hydrogens (tertiary/aromatic N) is 2. The highest BCUT2D eigenvalue weighted by atomic mass is 35.5. The number of rotatable bonds is 4. The number of halogens is 2. The van der Waals surface area contributed by atoms with Gasteiger partial charge in [-0.1, -0.05) is 47.5 Å². The van der Waals surface area contributed by atoms with E-state index in [2.05, 4.69) is 5.10 Å². The van der Waals surface area contributed by atoms with E-state index < -0.39 is 5.97 Å². The summed E-state index contributed by atoms with van der Waals surface area (Å²) in [6.45, 7) is 0. The van der Waals surface area contributed by atoms with Gasteiger partial charge in [0.05, 0.1) is 28.6 Å². The molecule has 1 saturated heterocycles. The summed E-state index contributed by atoms with van der Waals surface area (Å²) in [5, 5.41) is 5.68. The summed E-state index contributed by atoms with van der Waals surface area (Å²) in [5.41, 5.74) is 0.609. The third-order valence-corrected chi connectivity index (χ3v) is 6.58. The predicted molar refractivity (Wildman–Crippen MR) is 115 cm³/mol. The summed E-state index contributed by atoms with van der Waals surface area (Å²) < 4.78 is 5.48. The molecule has 0 spiro atoms. The fourth-order valence-corrected chi connectivity index (χ4v) is 5.10. The minimum atomic E-state index is -0.659. The van der Waals surface area contributed by atoms with Crippen molar-refractivity contribution >= 4 is 47.2 Å². The second-order valence-electron chi connectivity index (χ2n) is 7.78. The molecule has 2 aromatic rings. The van der Waals surface area contributed by atoms with Gasteiger partial charge < -0.3 is 4.74 Å². The van der Waals surface area contributed by atoms with E-state index in [4.69, 9.17) is 27.9 Å². The first-order valence-electron chi connectivity index (χ1n) is 9.80. The molecule has 4 atom stereocenters. The summed E-state index contributed by atoms with van der Waals surface area (Å²) in [6, 6.07) is 11.2. The van der Waals surface area contributed by atoms with Crippen LogP contribution in [0.1, 0.15) is 22.3 Å². The summed E-state index contributed by atoms with van der Waals surface area (Å²) in [4.78, 5) is 38.1. The van der Waals surface area contributed by atoms with Gasteiger partial charge in [-0.2, -0.15) is 10.1 Å². The third kappa shape index (κ3) is 3.36. The Hall–Kier alpha value is -2.96. The maximum Gasteiger partial charge on any atom is 0.345 e. The van der Waals surface area contributed by atoms with E-state index in [1.165, 1.54) is 18.3 Å². The smallest absolute Gasteiger partial charge is 0.345 e. The van der Waals surface area contributed by atoms with E-state index in [0.29, 0.717) is 10.6 Å². The summed E-state index contributed by atoms with van der Waals surface area (Å²) in [6.07, 6.45) is 6.27. The number of hydrogen-bond donors (Lipinski definition) is 0. The Labute approximate surface area is 188 Å². The number of imide groups is 1. The maximum absolute atomic E-state index is 12.8. The number of ether oxygens (including phenoxy) is 1. The topological polar surface area (TPSA) is 76.0 Å². The SMILES string of the molecule is O=C(Oc1ccccc1C=NN1C(=O)C2C3C=CC(C3)C2C1=O)c1ccc(Cl)cc1Cl. The molecule has 1 saturated carbocycles. The summed E-state index contributed by atoms with van der Waals surface area (Å²) in [7, 11) is 0. The van der Waals surface area contributed by atoms with E-state index in [-0.39, 0.29) is 51.8 Å². The van der Waals surface area contributed by atoms with Crippen LogP contribution in [0.3, 0.4) is 0 Å². The van der Waals surface area contributed by atoms with Crippen LogP contribution in [0.25, 0.3) is 0 Å². The number of hydrazone groups is 1. The minimum Gasteiger partial charge on any atom is -0.422 e. The monoisotopic (exact) mass is 454 g/mol. The van der Waals surface area contributed by atoms with Crippen LogP contribution in [0.4, 0.5) is 0 Å². The largest absolute Gasteiger partial charge is 0.422 e. The number of esters is 1. The fourth-order valence-electron chi connectivity index (χ4n) is 4.61. The fraction of sp³-hybridized carbons (Fsp3) is 0.217. The molecule has 31 heavy (non-hydrogen) atoms. The molecule has 0 N–H and O–H groups in total. The average Bonchev–Trinajstić information content (AvgIpc) is 3.42. The van der Waals surface area contributed by atoms with Crippen molar-refractivity contribution in [3.8, 4) is 5.75 Å². The van der Waals surface area contributed by atoms with Crippen LogP contribution in [0.2, 0.25) is 10.0 Å². The lowest BCUT2D eigenvalue weighted by Crippen LogP contribution is -2.28. The number of amides is 2. The van der Waals surface area contributed by atoms with Crippen molar-refractivity contribution in [1.29, 1.82) is 0 Å². The normalized spacial score (nSPS) is 26.2. The zero-order chi connectivity index (χ0) is 21.7. The highest BCUT2D eigenvalue weighted by Crippen LogP contribution is 2.52. The predicted octanol–water partition coefficient (Wildman–Crippen LogP) is 4.35. The maximum atomic E-state index is 12.8. The Kier molecular flexibility index (Phi) is 4.91. The molecule has 156 valence electrons. The highest BCUT2D eigenvalue weighted by molar-refractivity contribution is 6.36. The van der Waals surface area contributed by atoms with Gasteiger partial charge in [0.2, 0.25) is 0 Å². The Morgan fingerprint density at radius 1 is 1.03 bits per heavy atom. The number of benzene rings is 2. The lowest BCUT2D eigenvalue weighted by molar-refractivity contribution is -0.140. The van der Waals surface area contributed by atoms with Crippen LogP contribution in [0.15, 0.2) is 59.7 Å². The number of carbonyl (C=O) groups is 3. The van der Waals surface area contributed by atoms with Crippen LogP contribution in [0, 0.1) is 23.7 Å². The minimum absolute atomic E-state index is 0.115. The molecule has 4 unspecified atom stereocenters. The second kappa shape index (κ2) is 7.62. The number of hydrogen-bond acceptors (Lipinski definition) is 5. The van der Waals surface area contributed by atoms with Crippen molar-refractivity contribution in [2.45, 2.75) is 6.42 Å². The number of allylic oxidation sites excluding steroid dienone is 2. The van der Waals surface area contributed by atoms with Gasteiger partial charge in [0.15, 0.2) is 0 Å². The van der Waals surface area contributed by atoms with Crippen LogP contribution in [-0.4, -0.2) is 29.0 Å². The Balaban J connectivity index is 1.36. The van der Waals surface area contributed by atoms with Crippen molar-refractivity contribution in [3.63, 3.8) is 0 Å². The molecule has 1 aliphatic heterocycles. The van der Waals surface area contributed by atoms with Gasteiger partial charge in [-0.15, -0.1) is 0 Å². The molecule has 1 heterocycles. The van der Waals surface area contributed by atoms with E-state index in [0.717, 1.165) is 11.4 Å². The Bertz CT molecular complexity index is 1150.